The normalized spacial score (nSPS) is 11.5. The van der Waals surface area contributed by atoms with Crippen molar-refractivity contribution >= 4 is 70.1 Å². The van der Waals surface area contributed by atoms with Crippen LogP contribution < -0.4 is 4.90 Å². The van der Waals surface area contributed by atoms with Crippen LogP contribution in [0.5, 0.6) is 0 Å². The SMILES string of the molecule is c1ccc(-c2ccccc2N(c2ccc3ccccc3c2)c2c(-c3ccccc3)c3ccccc3c3sc4ccccc4c23)cc1. The van der Waals surface area contributed by atoms with Gasteiger partial charge in [-0.15, -0.1) is 11.3 Å². The van der Waals surface area contributed by atoms with E-state index in [2.05, 4.69) is 181 Å². The van der Waals surface area contributed by atoms with Crippen molar-refractivity contribution in [1.29, 1.82) is 0 Å². The zero-order chi connectivity index (χ0) is 30.5. The maximum Gasteiger partial charge on any atom is 0.0639 e. The lowest BCUT2D eigenvalue weighted by molar-refractivity contribution is 1.31. The number of benzene rings is 8. The molecule has 216 valence electrons. The summed E-state index contributed by atoms with van der Waals surface area (Å²) in [4.78, 5) is 2.53. The van der Waals surface area contributed by atoms with E-state index in [1.165, 1.54) is 69.7 Å². The summed E-state index contributed by atoms with van der Waals surface area (Å²) >= 11 is 1.89. The minimum atomic E-state index is 1.13. The number of rotatable bonds is 5. The molecule has 0 radical (unpaired) electrons. The third kappa shape index (κ3) is 4.30. The summed E-state index contributed by atoms with van der Waals surface area (Å²) in [6.07, 6.45) is 0. The maximum absolute atomic E-state index is 2.53. The summed E-state index contributed by atoms with van der Waals surface area (Å²) < 4.78 is 2.61. The van der Waals surface area contributed by atoms with Gasteiger partial charge in [0, 0.05) is 42.4 Å². The number of hydrogen-bond acceptors (Lipinski definition) is 2. The van der Waals surface area contributed by atoms with Gasteiger partial charge in [0.15, 0.2) is 0 Å². The van der Waals surface area contributed by atoms with Crippen molar-refractivity contribution in [2.45, 2.75) is 0 Å². The molecule has 2 heteroatoms. The fraction of sp³-hybridized carbons (Fsp3) is 0. The molecule has 1 aromatic heterocycles. The molecule has 0 fully saturated rings. The molecule has 1 heterocycles. The van der Waals surface area contributed by atoms with Crippen LogP contribution in [0.3, 0.4) is 0 Å². The van der Waals surface area contributed by atoms with Crippen LogP contribution in [0, 0.1) is 0 Å². The van der Waals surface area contributed by atoms with E-state index in [9.17, 15) is 0 Å². The minimum Gasteiger partial charge on any atom is -0.309 e. The summed E-state index contributed by atoms with van der Waals surface area (Å²) in [5.41, 5.74) is 8.31. The maximum atomic E-state index is 2.53. The zero-order valence-corrected chi connectivity index (χ0v) is 25.9. The Morgan fingerprint density at radius 3 is 1.85 bits per heavy atom. The Labute approximate surface area is 272 Å². The predicted molar refractivity (Wildman–Crippen MR) is 200 cm³/mol. The van der Waals surface area contributed by atoms with Gasteiger partial charge in [0.2, 0.25) is 0 Å². The number of nitrogens with zero attached hydrogens (tertiary/aromatic N) is 1. The van der Waals surface area contributed by atoms with E-state index < -0.39 is 0 Å². The van der Waals surface area contributed by atoms with Gasteiger partial charge in [-0.3, -0.25) is 0 Å². The van der Waals surface area contributed by atoms with Crippen LogP contribution in [-0.2, 0) is 0 Å². The molecular weight excluding hydrogens is 575 g/mol. The van der Waals surface area contributed by atoms with Crippen molar-refractivity contribution in [3.8, 4) is 22.3 Å². The monoisotopic (exact) mass is 603 g/mol. The van der Waals surface area contributed by atoms with Crippen LogP contribution in [-0.4, -0.2) is 0 Å². The fourth-order valence-electron chi connectivity index (χ4n) is 6.98. The van der Waals surface area contributed by atoms with E-state index in [1.54, 1.807) is 0 Å². The van der Waals surface area contributed by atoms with Crippen LogP contribution >= 0.6 is 11.3 Å². The van der Waals surface area contributed by atoms with Crippen molar-refractivity contribution in [3.63, 3.8) is 0 Å². The van der Waals surface area contributed by atoms with E-state index in [0.717, 1.165) is 11.4 Å². The first-order chi connectivity index (χ1) is 22.8. The molecule has 8 aromatic carbocycles. The first kappa shape index (κ1) is 26.7. The molecule has 0 bridgehead atoms. The number of para-hydroxylation sites is 1. The Hall–Kier alpha value is -5.70. The molecule has 0 spiro atoms. The lowest BCUT2D eigenvalue weighted by Crippen LogP contribution is -2.13. The van der Waals surface area contributed by atoms with Crippen LogP contribution in [0.4, 0.5) is 17.1 Å². The second-order valence-electron chi connectivity index (χ2n) is 11.7. The molecule has 9 rings (SSSR count). The first-order valence-corrected chi connectivity index (χ1v) is 16.5. The van der Waals surface area contributed by atoms with Gasteiger partial charge < -0.3 is 4.90 Å². The first-order valence-electron chi connectivity index (χ1n) is 15.7. The van der Waals surface area contributed by atoms with Crippen LogP contribution in [0.1, 0.15) is 0 Å². The fourth-order valence-corrected chi connectivity index (χ4v) is 8.22. The molecule has 0 N–H and O–H groups in total. The smallest absolute Gasteiger partial charge is 0.0639 e. The Morgan fingerprint density at radius 1 is 0.435 bits per heavy atom. The second-order valence-corrected chi connectivity index (χ2v) is 12.7. The second kappa shape index (κ2) is 11.0. The van der Waals surface area contributed by atoms with Crippen LogP contribution in [0.25, 0.3) is 64.0 Å². The van der Waals surface area contributed by atoms with Crippen molar-refractivity contribution in [3.05, 3.63) is 176 Å². The number of anilines is 3. The molecular formula is C44H29NS. The van der Waals surface area contributed by atoms with E-state index >= 15 is 0 Å². The number of thiophene rings is 1. The van der Waals surface area contributed by atoms with Crippen molar-refractivity contribution in [1.82, 2.24) is 0 Å². The standard InChI is InChI=1S/C44H29NS/c1-3-16-31(17-4-1)35-21-11-13-25-39(35)45(34-28-27-30-15-7-8-20-33(30)29-34)43-41(32-18-5-2-6-19-32)36-22-9-10-23-37(36)44-42(43)38-24-12-14-26-40(38)46-44/h1-29H. The molecule has 0 atom stereocenters. The Bertz CT molecular complexity index is 2530. The molecule has 0 amide bonds. The van der Waals surface area contributed by atoms with Gasteiger partial charge in [0.05, 0.1) is 11.4 Å². The third-order valence-corrected chi connectivity index (χ3v) is 10.2. The average Bonchev–Trinajstić information content (AvgIpc) is 3.53. The van der Waals surface area contributed by atoms with Gasteiger partial charge in [-0.1, -0.05) is 152 Å². The minimum absolute atomic E-state index is 1.13. The third-order valence-electron chi connectivity index (χ3n) is 9.02. The molecule has 1 nitrogen and oxygen atoms in total. The van der Waals surface area contributed by atoms with Crippen LogP contribution in [0.15, 0.2) is 176 Å². The van der Waals surface area contributed by atoms with E-state index in [0.29, 0.717) is 0 Å². The highest BCUT2D eigenvalue weighted by molar-refractivity contribution is 7.26. The Kier molecular flexibility index (Phi) is 6.40. The predicted octanol–water partition coefficient (Wildman–Crippen LogP) is 13.2. The molecule has 9 aromatic rings. The van der Waals surface area contributed by atoms with Crippen molar-refractivity contribution in [2.75, 3.05) is 4.90 Å². The molecule has 0 aliphatic heterocycles. The summed E-state index contributed by atoms with van der Waals surface area (Å²) in [6, 6.07) is 63.9. The molecule has 0 saturated heterocycles. The molecule has 0 aliphatic rings. The topological polar surface area (TPSA) is 3.24 Å². The number of fused-ring (bicyclic) bond motifs is 6. The molecule has 0 aliphatic carbocycles. The lowest BCUT2D eigenvalue weighted by Gasteiger charge is -2.32. The van der Waals surface area contributed by atoms with E-state index in [1.807, 2.05) is 11.3 Å². The van der Waals surface area contributed by atoms with E-state index in [-0.39, 0.29) is 0 Å². The van der Waals surface area contributed by atoms with Gasteiger partial charge in [-0.2, -0.15) is 0 Å². The summed E-state index contributed by atoms with van der Waals surface area (Å²) in [5.74, 6) is 0. The molecule has 0 saturated carbocycles. The van der Waals surface area contributed by atoms with Gasteiger partial charge in [0.1, 0.15) is 0 Å². The highest BCUT2D eigenvalue weighted by Gasteiger charge is 2.27. The van der Waals surface area contributed by atoms with Crippen molar-refractivity contribution < 1.29 is 0 Å². The van der Waals surface area contributed by atoms with Gasteiger partial charge in [-0.25, -0.2) is 0 Å². The van der Waals surface area contributed by atoms with Crippen LogP contribution in [0.2, 0.25) is 0 Å². The van der Waals surface area contributed by atoms with Gasteiger partial charge in [-0.05, 0) is 51.6 Å². The molecule has 0 unspecified atom stereocenters. The summed E-state index contributed by atoms with van der Waals surface area (Å²) in [5, 5.41) is 7.56. The Morgan fingerprint density at radius 2 is 1.04 bits per heavy atom. The zero-order valence-electron chi connectivity index (χ0n) is 25.1. The number of hydrogen-bond donors (Lipinski definition) is 0. The van der Waals surface area contributed by atoms with E-state index in [4.69, 9.17) is 0 Å². The highest BCUT2D eigenvalue weighted by Crippen LogP contribution is 2.54. The van der Waals surface area contributed by atoms with Gasteiger partial charge in [0.25, 0.3) is 0 Å². The highest BCUT2D eigenvalue weighted by atomic mass is 32.1. The quantitative estimate of drug-likeness (QED) is 0.189. The molecule has 46 heavy (non-hydrogen) atoms. The lowest BCUT2D eigenvalue weighted by atomic mass is 9.91. The Balaban J connectivity index is 1.51. The van der Waals surface area contributed by atoms with Crippen molar-refractivity contribution in [2.24, 2.45) is 0 Å². The average molecular weight is 604 g/mol. The largest absolute Gasteiger partial charge is 0.309 e. The summed E-state index contributed by atoms with van der Waals surface area (Å²) in [7, 11) is 0. The van der Waals surface area contributed by atoms with Gasteiger partial charge >= 0.3 is 0 Å². The summed E-state index contributed by atoms with van der Waals surface area (Å²) in [6.45, 7) is 0.